The number of ether oxygens (including phenoxy) is 2. The number of benzene rings is 1. The first kappa shape index (κ1) is 13.9. The van der Waals surface area contributed by atoms with Gasteiger partial charge in [-0.1, -0.05) is 30.3 Å². The smallest absolute Gasteiger partial charge is 0.330 e. The number of aldehydes is 1. The minimum atomic E-state index is -1.94. The molecular weight excluding hydrogens is 236 g/mol. The molecule has 5 heteroatoms. The predicted octanol–water partition coefficient (Wildman–Crippen LogP) is 0.760. The third kappa shape index (κ3) is 2.56. The summed E-state index contributed by atoms with van der Waals surface area (Å²) in [7, 11) is 2.24. The Balaban J connectivity index is 3.15. The molecule has 0 atom stereocenters. The van der Waals surface area contributed by atoms with Crippen LogP contribution in [-0.4, -0.2) is 32.4 Å². The average molecular weight is 250 g/mol. The first-order chi connectivity index (χ1) is 8.60. The highest BCUT2D eigenvalue weighted by Gasteiger charge is 2.48. The second kappa shape index (κ2) is 5.95. The van der Waals surface area contributed by atoms with Crippen LogP contribution in [0.25, 0.3) is 0 Å². The molecule has 1 rings (SSSR count). The summed E-state index contributed by atoms with van der Waals surface area (Å²) in [6.45, 7) is 0. The molecule has 1 aromatic rings. The van der Waals surface area contributed by atoms with Crippen molar-refractivity contribution >= 4 is 18.2 Å². The number of carbonyl (C=O) groups is 3. The van der Waals surface area contributed by atoms with Gasteiger partial charge in [0.2, 0.25) is 5.41 Å². The van der Waals surface area contributed by atoms with Crippen LogP contribution in [-0.2, 0) is 30.3 Å². The fourth-order valence-electron chi connectivity index (χ4n) is 1.65. The topological polar surface area (TPSA) is 69.7 Å². The van der Waals surface area contributed by atoms with Crippen molar-refractivity contribution in [1.82, 2.24) is 0 Å². The molecule has 0 saturated carbocycles. The first-order valence-electron chi connectivity index (χ1n) is 5.28. The normalized spacial score (nSPS) is 10.6. The summed E-state index contributed by atoms with van der Waals surface area (Å²) in [5, 5.41) is 0. The van der Waals surface area contributed by atoms with Crippen LogP contribution in [0.2, 0.25) is 0 Å². The van der Waals surface area contributed by atoms with Crippen molar-refractivity contribution in [3.63, 3.8) is 0 Å². The molecule has 0 aliphatic heterocycles. The molecule has 0 amide bonds. The zero-order valence-corrected chi connectivity index (χ0v) is 10.2. The van der Waals surface area contributed by atoms with Crippen LogP contribution in [0.15, 0.2) is 30.3 Å². The van der Waals surface area contributed by atoms with Gasteiger partial charge in [0.15, 0.2) is 0 Å². The van der Waals surface area contributed by atoms with Crippen LogP contribution in [0.1, 0.15) is 5.56 Å². The average Bonchev–Trinajstić information content (AvgIpc) is 2.44. The second-order valence-corrected chi connectivity index (χ2v) is 3.73. The molecule has 0 fully saturated rings. The van der Waals surface area contributed by atoms with E-state index >= 15 is 0 Å². The predicted molar refractivity (Wildman–Crippen MR) is 62.7 cm³/mol. The van der Waals surface area contributed by atoms with Gasteiger partial charge in [-0.3, -0.25) is 9.59 Å². The molecule has 0 spiro atoms. The Kier molecular flexibility index (Phi) is 4.59. The Morgan fingerprint density at radius 3 is 2.00 bits per heavy atom. The Morgan fingerprint density at radius 1 is 1.11 bits per heavy atom. The summed E-state index contributed by atoms with van der Waals surface area (Å²) in [5.41, 5.74) is -1.27. The van der Waals surface area contributed by atoms with Gasteiger partial charge < -0.3 is 14.3 Å². The summed E-state index contributed by atoms with van der Waals surface area (Å²) in [5.74, 6) is -1.85. The number of methoxy groups -OCH3 is 2. The van der Waals surface area contributed by atoms with Gasteiger partial charge in [-0.2, -0.15) is 0 Å². The van der Waals surface area contributed by atoms with E-state index in [9.17, 15) is 14.4 Å². The molecule has 0 heterocycles. The molecule has 0 N–H and O–H groups in total. The highest BCUT2D eigenvalue weighted by atomic mass is 16.5. The van der Waals surface area contributed by atoms with Gasteiger partial charge in [-0.05, 0) is 5.56 Å². The lowest BCUT2D eigenvalue weighted by molar-refractivity contribution is -0.169. The lowest BCUT2D eigenvalue weighted by Crippen LogP contribution is -2.44. The number of rotatable bonds is 5. The van der Waals surface area contributed by atoms with Crippen LogP contribution in [0.5, 0.6) is 0 Å². The highest BCUT2D eigenvalue weighted by molar-refractivity contribution is 6.13. The third-order valence-electron chi connectivity index (χ3n) is 2.63. The summed E-state index contributed by atoms with van der Waals surface area (Å²) < 4.78 is 9.06. The second-order valence-electron chi connectivity index (χ2n) is 3.73. The monoisotopic (exact) mass is 250 g/mol. The maximum Gasteiger partial charge on any atom is 0.330 e. The summed E-state index contributed by atoms with van der Waals surface area (Å²) in [6.07, 6.45) is 0.189. The van der Waals surface area contributed by atoms with Gasteiger partial charge in [0.25, 0.3) is 0 Å². The Hall–Kier alpha value is -2.17. The van der Waals surface area contributed by atoms with Gasteiger partial charge in [0.05, 0.1) is 14.2 Å². The molecule has 18 heavy (non-hydrogen) atoms. The van der Waals surface area contributed by atoms with E-state index in [-0.39, 0.29) is 12.7 Å². The van der Waals surface area contributed by atoms with Gasteiger partial charge in [0.1, 0.15) is 6.29 Å². The first-order valence-corrected chi connectivity index (χ1v) is 5.28. The van der Waals surface area contributed by atoms with Gasteiger partial charge >= 0.3 is 11.9 Å². The molecular formula is C13H14O5. The van der Waals surface area contributed by atoms with E-state index in [1.807, 2.05) is 0 Å². The van der Waals surface area contributed by atoms with E-state index in [4.69, 9.17) is 0 Å². The minimum absolute atomic E-state index is 0.0866. The van der Waals surface area contributed by atoms with E-state index in [0.717, 1.165) is 14.2 Å². The van der Waals surface area contributed by atoms with Crippen molar-refractivity contribution in [1.29, 1.82) is 0 Å². The van der Waals surface area contributed by atoms with E-state index in [1.54, 1.807) is 30.3 Å². The molecule has 5 nitrogen and oxygen atoms in total. The SMILES string of the molecule is COC(=O)C(C=O)(Cc1ccccc1)C(=O)OC. The minimum Gasteiger partial charge on any atom is -0.468 e. The molecule has 96 valence electrons. The quantitative estimate of drug-likeness (QED) is 0.438. The standard InChI is InChI=1S/C13H14O5/c1-17-11(15)13(9-14,12(16)18-2)8-10-6-4-3-5-7-10/h3-7,9H,8H2,1-2H3. The van der Waals surface area contributed by atoms with Crippen molar-refractivity contribution in [3.05, 3.63) is 35.9 Å². The maximum absolute atomic E-state index is 11.7. The van der Waals surface area contributed by atoms with Crippen LogP contribution in [0.3, 0.4) is 0 Å². The molecule has 0 radical (unpaired) electrons. The number of esters is 2. The Labute approximate surface area is 105 Å². The Morgan fingerprint density at radius 2 is 1.61 bits per heavy atom. The van der Waals surface area contributed by atoms with E-state index < -0.39 is 17.4 Å². The number of carbonyl (C=O) groups excluding carboxylic acids is 3. The number of hydrogen-bond donors (Lipinski definition) is 0. The van der Waals surface area contributed by atoms with E-state index in [1.165, 1.54) is 0 Å². The molecule has 0 aromatic heterocycles. The van der Waals surface area contributed by atoms with Gasteiger partial charge in [-0.25, -0.2) is 0 Å². The van der Waals surface area contributed by atoms with Crippen LogP contribution < -0.4 is 0 Å². The van der Waals surface area contributed by atoms with Crippen LogP contribution in [0.4, 0.5) is 0 Å². The summed E-state index contributed by atoms with van der Waals surface area (Å²) in [6, 6.07) is 8.72. The maximum atomic E-state index is 11.7. The van der Waals surface area contributed by atoms with Crippen LogP contribution in [0, 0.1) is 5.41 Å². The van der Waals surface area contributed by atoms with Crippen molar-refractivity contribution in [3.8, 4) is 0 Å². The van der Waals surface area contributed by atoms with Gasteiger partial charge in [-0.15, -0.1) is 0 Å². The van der Waals surface area contributed by atoms with Crippen molar-refractivity contribution < 1.29 is 23.9 Å². The summed E-state index contributed by atoms with van der Waals surface area (Å²) in [4.78, 5) is 34.7. The molecule has 1 aromatic carbocycles. The van der Waals surface area contributed by atoms with E-state index in [0.29, 0.717) is 5.56 Å². The molecule has 0 bridgehead atoms. The molecule has 0 aliphatic carbocycles. The highest BCUT2D eigenvalue weighted by Crippen LogP contribution is 2.24. The third-order valence-corrected chi connectivity index (χ3v) is 2.63. The van der Waals surface area contributed by atoms with Crippen molar-refractivity contribution in [2.24, 2.45) is 5.41 Å². The zero-order chi connectivity index (χ0) is 13.6. The fourth-order valence-corrected chi connectivity index (χ4v) is 1.65. The largest absolute Gasteiger partial charge is 0.468 e. The summed E-state index contributed by atoms with van der Waals surface area (Å²) >= 11 is 0. The Bertz CT molecular complexity index is 422. The lowest BCUT2D eigenvalue weighted by atomic mass is 9.83. The van der Waals surface area contributed by atoms with Gasteiger partial charge in [0, 0.05) is 6.42 Å². The lowest BCUT2D eigenvalue weighted by Gasteiger charge is -2.22. The van der Waals surface area contributed by atoms with Crippen molar-refractivity contribution in [2.75, 3.05) is 14.2 Å². The van der Waals surface area contributed by atoms with Crippen LogP contribution >= 0.6 is 0 Å². The van der Waals surface area contributed by atoms with Crippen molar-refractivity contribution in [2.45, 2.75) is 6.42 Å². The fraction of sp³-hybridized carbons (Fsp3) is 0.308. The molecule has 0 unspecified atom stereocenters. The molecule has 0 aliphatic rings. The zero-order valence-electron chi connectivity index (χ0n) is 10.2. The number of hydrogen-bond acceptors (Lipinski definition) is 5. The van der Waals surface area contributed by atoms with E-state index in [2.05, 4.69) is 9.47 Å². The molecule has 0 saturated heterocycles.